The van der Waals surface area contributed by atoms with Crippen LogP contribution in [0, 0.1) is 6.92 Å². The van der Waals surface area contributed by atoms with Crippen molar-refractivity contribution >= 4 is 21.6 Å². The van der Waals surface area contributed by atoms with Crippen LogP contribution in [-0.2, 0) is 20.5 Å². The number of aryl methyl sites for hydroxylation is 1. The van der Waals surface area contributed by atoms with Crippen molar-refractivity contribution in [3.63, 3.8) is 0 Å². The van der Waals surface area contributed by atoms with Gasteiger partial charge in [-0.25, -0.2) is 8.42 Å². The first-order valence-corrected chi connectivity index (χ1v) is 10.5. The van der Waals surface area contributed by atoms with E-state index in [-0.39, 0.29) is 17.7 Å². The Balaban J connectivity index is 1.73. The van der Waals surface area contributed by atoms with Gasteiger partial charge in [0.15, 0.2) is 0 Å². The van der Waals surface area contributed by atoms with Crippen LogP contribution in [0.1, 0.15) is 28.4 Å². The average molecular weight is 388 g/mol. The fourth-order valence-corrected chi connectivity index (χ4v) is 4.22. The Labute approximate surface area is 160 Å². The Bertz CT molecular complexity index is 910. The highest BCUT2D eigenvalue weighted by Gasteiger charge is 2.25. The second-order valence-corrected chi connectivity index (χ2v) is 8.57. The molecule has 0 aliphatic carbocycles. The van der Waals surface area contributed by atoms with Gasteiger partial charge >= 0.3 is 0 Å². The lowest BCUT2D eigenvalue weighted by Crippen LogP contribution is -2.47. The third-order valence-corrected chi connectivity index (χ3v) is 5.75. The first-order chi connectivity index (χ1) is 12.8. The van der Waals surface area contributed by atoms with Crippen LogP contribution in [0.15, 0.2) is 48.5 Å². The molecule has 1 N–H and O–H groups in total. The zero-order valence-electron chi connectivity index (χ0n) is 15.5. The van der Waals surface area contributed by atoms with Gasteiger partial charge in [-0.15, -0.1) is 0 Å². The average Bonchev–Trinajstić information content (AvgIpc) is 2.63. The summed E-state index contributed by atoms with van der Waals surface area (Å²) in [4.78, 5) is 14.5. The molecule has 0 bridgehead atoms. The molecule has 1 saturated heterocycles. The number of morpholine rings is 1. The topological polar surface area (TPSA) is 75.7 Å². The molecule has 144 valence electrons. The number of carbonyl (C=O) groups excluding carboxylic acids is 1. The molecule has 1 atom stereocenters. The van der Waals surface area contributed by atoms with E-state index >= 15 is 0 Å². The maximum atomic E-state index is 12.7. The summed E-state index contributed by atoms with van der Waals surface area (Å²) in [6.45, 7) is 5.44. The van der Waals surface area contributed by atoms with E-state index in [1.54, 1.807) is 41.3 Å². The van der Waals surface area contributed by atoms with Gasteiger partial charge in [0.25, 0.3) is 5.91 Å². The third kappa shape index (κ3) is 5.08. The number of anilines is 1. The van der Waals surface area contributed by atoms with E-state index in [2.05, 4.69) is 4.72 Å². The predicted octanol–water partition coefficient (Wildman–Crippen LogP) is 2.80. The van der Waals surface area contributed by atoms with Gasteiger partial charge in [0, 0.05) is 17.8 Å². The number of sulfonamides is 1. The summed E-state index contributed by atoms with van der Waals surface area (Å²) in [5.41, 5.74) is 2.63. The summed E-state index contributed by atoms with van der Waals surface area (Å²) < 4.78 is 32.9. The van der Waals surface area contributed by atoms with Gasteiger partial charge < -0.3 is 9.64 Å². The van der Waals surface area contributed by atoms with Crippen molar-refractivity contribution in [3.8, 4) is 0 Å². The minimum atomic E-state index is -3.57. The minimum Gasteiger partial charge on any atom is -0.377 e. The molecule has 0 saturated carbocycles. The summed E-state index contributed by atoms with van der Waals surface area (Å²) >= 11 is 0. The van der Waals surface area contributed by atoms with Crippen LogP contribution in [0.5, 0.6) is 0 Å². The quantitative estimate of drug-likeness (QED) is 0.855. The highest BCUT2D eigenvalue weighted by Crippen LogP contribution is 2.18. The molecule has 27 heavy (non-hydrogen) atoms. The maximum Gasteiger partial charge on any atom is 0.254 e. The zero-order chi connectivity index (χ0) is 19.4. The Kier molecular flexibility index (Phi) is 5.82. The number of carbonyl (C=O) groups is 1. The standard InChI is InChI=1S/C20H24N2O4S/c1-15-6-8-17(9-7-15)14-27(24,25)21-19-5-3-4-18(12-19)20(23)22-10-11-26-13-16(22)2/h3-9,12,16,21H,10-11,13-14H2,1-2H3. The minimum absolute atomic E-state index is 0.00636. The van der Waals surface area contributed by atoms with Gasteiger partial charge in [0.05, 0.1) is 25.0 Å². The van der Waals surface area contributed by atoms with E-state index in [1.807, 2.05) is 26.0 Å². The van der Waals surface area contributed by atoms with Gasteiger partial charge in [0.2, 0.25) is 10.0 Å². The van der Waals surface area contributed by atoms with Crippen molar-refractivity contribution in [2.24, 2.45) is 0 Å². The van der Waals surface area contributed by atoms with Gasteiger partial charge in [0.1, 0.15) is 0 Å². The number of rotatable bonds is 5. The van der Waals surface area contributed by atoms with E-state index in [4.69, 9.17) is 4.74 Å². The number of nitrogens with one attached hydrogen (secondary N) is 1. The van der Waals surface area contributed by atoms with Gasteiger partial charge in [-0.05, 0) is 37.6 Å². The number of amides is 1. The van der Waals surface area contributed by atoms with Gasteiger partial charge in [-0.3, -0.25) is 9.52 Å². The molecule has 1 amide bonds. The van der Waals surface area contributed by atoms with Crippen molar-refractivity contribution < 1.29 is 17.9 Å². The molecule has 0 spiro atoms. The normalized spacial score (nSPS) is 17.6. The monoisotopic (exact) mass is 388 g/mol. The third-order valence-electron chi connectivity index (χ3n) is 4.49. The largest absolute Gasteiger partial charge is 0.377 e. The number of hydrogen-bond donors (Lipinski definition) is 1. The van der Waals surface area contributed by atoms with E-state index in [0.29, 0.717) is 36.6 Å². The van der Waals surface area contributed by atoms with Crippen molar-refractivity contribution in [1.82, 2.24) is 4.90 Å². The van der Waals surface area contributed by atoms with Crippen molar-refractivity contribution in [1.29, 1.82) is 0 Å². The molecule has 2 aromatic carbocycles. The number of nitrogens with zero attached hydrogens (tertiary/aromatic N) is 1. The molecule has 1 fully saturated rings. The number of benzene rings is 2. The molecular formula is C20H24N2O4S. The summed E-state index contributed by atoms with van der Waals surface area (Å²) in [6.07, 6.45) is 0. The molecule has 2 aromatic rings. The SMILES string of the molecule is Cc1ccc(CS(=O)(=O)Nc2cccc(C(=O)N3CCOCC3C)c2)cc1. The molecule has 1 heterocycles. The summed E-state index contributed by atoms with van der Waals surface area (Å²) in [5.74, 6) is -0.239. The maximum absolute atomic E-state index is 12.7. The fourth-order valence-electron chi connectivity index (χ4n) is 3.03. The van der Waals surface area contributed by atoms with E-state index in [1.165, 1.54) is 0 Å². The Hall–Kier alpha value is -2.38. The highest BCUT2D eigenvalue weighted by molar-refractivity contribution is 7.91. The van der Waals surface area contributed by atoms with Crippen molar-refractivity contribution in [3.05, 3.63) is 65.2 Å². The summed E-state index contributed by atoms with van der Waals surface area (Å²) in [7, 11) is -3.57. The number of hydrogen-bond acceptors (Lipinski definition) is 4. The van der Waals surface area contributed by atoms with Crippen LogP contribution in [0.3, 0.4) is 0 Å². The molecule has 1 aliphatic rings. The second kappa shape index (κ2) is 8.10. The lowest BCUT2D eigenvalue weighted by molar-refractivity contribution is 0.00360. The zero-order valence-corrected chi connectivity index (χ0v) is 16.3. The Morgan fingerprint density at radius 3 is 2.67 bits per heavy atom. The fraction of sp³-hybridized carbons (Fsp3) is 0.350. The van der Waals surface area contributed by atoms with Crippen LogP contribution in [0.4, 0.5) is 5.69 Å². The molecule has 3 rings (SSSR count). The second-order valence-electron chi connectivity index (χ2n) is 6.85. The van der Waals surface area contributed by atoms with Crippen LogP contribution >= 0.6 is 0 Å². The summed E-state index contributed by atoms with van der Waals surface area (Å²) in [5, 5.41) is 0. The molecule has 0 aromatic heterocycles. The van der Waals surface area contributed by atoms with Crippen LogP contribution < -0.4 is 4.72 Å². The van der Waals surface area contributed by atoms with Crippen molar-refractivity contribution in [2.45, 2.75) is 25.6 Å². The predicted molar refractivity (Wildman–Crippen MR) is 105 cm³/mol. The molecule has 1 unspecified atom stereocenters. The van der Waals surface area contributed by atoms with E-state index in [9.17, 15) is 13.2 Å². The molecule has 6 nitrogen and oxygen atoms in total. The van der Waals surface area contributed by atoms with Crippen LogP contribution in [0.2, 0.25) is 0 Å². The smallest absolute Gasteiger partial charge is 0.254 e. The van der Waals surface area contributed by atoms with Crippen LogP contribution in [-0.4, -0.2) is 45.0 Å². The molecular weight excluding hydrogens is 364 g/mol. The first-order valence-electron chi connectivity index (χ1n) is 8.89. The first kappa shape index (κ1) is 19.4. The lowest BCUT2D eigenvalue weighted by atomic mass is 10.1. The lowest BCUT2D eigenvalue weighted by Gasteiger charge is -2.33. The number of ether oxygens (including phenoxy) is 1. The molecule has 1 aliphatic heterocycles. The molecule has 7 heteroatoms. The van der Waals surface area contributed by atoms with Crippen molar-refractivity contribution in [2.75, 3.05) is 24.5 Å². The van der Waals surface area contributed by atoms with E-state index in [0.717, 1.165) is 5.56 Å². The van der Waals surface area contributed by atoms with Crippen LogP contribution in [0.25, 0.3) is 0 Å². The Morgan fingerprint density at radius 1 is 1.22 bits per heavy atom. The van der Waals surface area contributed by atoms with Gasteiger partial charge in [-0.2, -0.15) is 0 Å². The van der Waals surface area contributed by atoms with E-state index < -0.39 is 10.0 Å². The summed E-state index contributed by atoms with van der Waals surface area (Å²) in [6, 6.07) is 14.0. The highest BCUT2D eigenvalue weighted by atomic mass is 32.2. The molecule has 0 radical (unpaired) electrons. The Morgan fingerprint density at radius 2 is 1.96 bits per heavy atom. The van der Waals surface area contributed by atoms with Gasteiger partial charge in [-0.1, -0.05) is 35.9 Å².